The Labute approximate surface area is 192 Å². The molecule has 33 heavy (non-hydrogen) atoms. The highest BCUT2D eigenvalue weighted by atomic mass is 32.2. The summed E-state index contributed by atoms with van der Waals surface area (Å²) in [5.41, 5.74) is 0.291. The van der Waals surface area contributed by atoms with Crippen LogP contribution < -0.4 is 20.2 Å². The molecule has 1 heterocycles. The Balaban J connectivity index is 1.60. The van der Waals surface area contributed by atoms with Crippen LogP contribution in [0.2, 0.25) is 0 Å². The van der Waals surface area contributed by atoms with Crippen molar-refractivity contribution in [1.82, 2.24) is 10.3 Å². The van der Waals surface area contributed by atoms with Gasteiger partial charge in [-0.1, -0.05) is 19.3 Å². The van der Waals surface area contributed by atoms with Crippen LogP contribution in [0.15, 0.2) is 58.4 Å². The van der Waals surface area contributed by atoms with E-state index in [0.717, 1.165) is 32.1 Å². The molecule has 1 fully saturated rings. The van der Waals surface area contributed by atoms with E-state index in [2.05, 4.69) is 15.0 Å². The predicted molar refractivity (Wildman–Crippen MR) is 127 cm³/mol. The number of amides is 1. The van der Waals surface area contributed by atoms with Gasteiger partial charge in [0.2, 0.25) is 5.43 Å². The molecule has 3 N–H and O–H groups in total. The average Bonchev–Trinajstić information content (AvgIpc) is 2.81. The molecular formula is C24H27N3O5S. The summed E-state index contributed by atoms with van der Waals surface area (Å²) in [6, 6.07) is 10.8. The van der Waals surface area contributed by atoms with Crippen LogP contribution in [0.4, 0.5) is 5.69 Å². The maximum atomic E-state index is 13.0. The van der Waals surface area contributed by atoms with Crippen LogP contribution >= 0.6 is 0 Å². The van der Waals surface area contributed by atoms with Gasteiger partial charge < -0.3 is 15.0 Å². The number of anilines is 1. The number of benzene rings is 2. The van der Waals surface area contributed by atoms with Gasteiger partial charge in [-0.25, -0.2) is 8.42 Å². The second-order valence-electron chi connectivity index (χ2n) is 8.11. The van der Waals surface area contributed by atoms with Crippen molar-refractivity contribution in [1.29, 1.82) is 0 Å². The molecule has 1 saturated carbocycles. The highest BCUT2D eigenvalue weighted by Gasteiger charge is 2.21. The number of hydrogen-bond donors (Lipinski definition) is 3. The zero-order chi connectivity index (χ0) is 23.4. The van der Waals surface area contributed by atoms with Crippen molar-refractivity contribution in [2.75, 3.05) is 11.3 Å². The highest BCUT2D eigenvalue weighted by Crippen LogP contribution is 2.22. The van der Waals surface area contributed by atoms with Gasteiger partial charge in [-0.05, 0) is 62.2 Å². The van der Waals surface area contributed by atoms with Gasteiger partial charge in [-0.3, -0.25) is 14.3 Å². The number of nitrogens with one attached hydrogen (secondary N) is 3. The molecule has 1 aromatic heterocycles. The van der Waals surface area contributed by atoms with Crippen molar-refractivity contribution in [3.05, 3.63) is 64.4 Å². The molecule has 8 nitrogen and oxygen atoms in total. The molecule has 0 saturated heterocycles. The number of H-pyrrole nitrogens is 1. The van der Waals surface area contributed by atoms with Gasteiger partial charge in [0.1, 0.15) is 11.3 Å². The molecule has 0 atom stereocenters. The van der Waals surface area contributed by atoms with Crippen molar-refractivity contribution in [2.24, 2.45) is 0 Å². The van der Waals surface area contributed by atoms with Crippen LogP contribution in [0.3, 0.4) is 0 Å². The zero-order valence-corrected chi connectivity index (χ0v) is 19.2. The quantitative estimate of drug-likeness (QED) is 0.487. The van der Waals surface area contributed by atoms with Gasteiger partial charge in [0.05, 0.1) is 11.5 Å². The second kappa shape index (κ2) is 9.66. The second-order valence-corrected chi connectivity index (χ2v) is 9.79. The summed E-state index contributed by atoms with van der Waals surface area (Å²) in [6.07, 6.45) is 6.46. The fraction of sp³-hybridized carbons (Fsp3) is 0.333. The Morgan fingerprint density at radius 3 is 2.52 bits per heavy atom. The van der Waals surface area contributed by atoms with E-state index >= 15 is 0 Å². The Morgan fingerprint density at radius 1 is 1.09 bits per heavy atom. The first kappa shape index (κ1) is 22.8. The Hall–Kier alpha value is -3.33. The van der Waals surface area contributed by atoms with Crippen LogP contribution in [-0.4, -0.2) is 32.0 Å². The fourth-order valence-electron chi connectivity index (χ4n) is 4.04. The first-order chi connectivity index (χ1) is 15.9. The number of ether oxygens (including phenoxy) is 1. The maximum Gasteiger partial charge on any atom is 0.261 e. The number of carbonyl (C=O) groups is 1. The monoisotopic (exact) mass is 469 g/mol. The van der Waals surface area contributed by atoms with Crippen molar-refractivity contribution < 1.29 is 17.9 Å². The Bertz CT molecular complexity index is 1310. The molecular weight excluding hydrogens is 442 g/mol. The maximum absolute atomic E-state index is 13.0. The zero-order valence-electron chi connectivity index (χ0n) is 18.4. The van der Waals surface area contributed by atoms with Gasteiger partial charge in [0, 0.05) is 28.8 Å². The minimum absolute atomic E-state index is 0.0258. The summed E-state index contributed by atoms with van der Waals surface area (Å²) in [4.78, 5) is 28.6. The van der Waals surface area contributed by atoms with E-state index in [4.69, 9.17) is 4.74 Å². The third kappa shape index (κ3) is 5.19. The van der Waals surface area contributed by atoms with Crippen molar-refractivity contribution >= 4 is 32.5 Å². The van der Waals surface area contributed by atoms with Crippen molar-refractivity contribution in [3.63, 3.8) is 0 Å². The first-order valence-electron chi connectivity index (χ1n) is 11.1. The molecule has 1 aliphatic carbocycles. The van der Waals surface area contributed by atoms with Gasteiger partial charge in [0.25, 0.3) is 15.9 Å². The van der Waals surface area contributed by atoms with E-state index in [1.165, 1.54) is 24.4 Å². The number of aromatic amines is 1. The smallest absolute Gasteiger partial charge is 0.261 e. The number of fused-ring (bicyclic) bond motifs is 1. The molecule has 0 unspecified atom stereocenters. The molecule has 0 spiro atoms. The van der Waals surface area contributed by atoms with Crippen molar-refractivity contribution in [2.45, 2.75) is 50.0 Å². The summed E-state index contributed by atoms with van der Waals surface area (Å²) in [5.74, 6) is 0.197. The third-order valence-electron chi connectivity index (χ3n) is 5.77. The van der Waals surface area contributed by atoms with Crippen LogP contribution in [0.1, 0.15) is 49.4 Å². The van der Waals surface area contributed by atoms with Gasteiger partial charge in [0.15, 0.2) is 0 Å². The van der Waals surface area contributed by atoms with Crippen LogP contribution in [0.25, 0.3) is 10.9 Å². The van der Waals surface area contributed by atoms with Gasteiger partial charge in [-0.15, -0.1) is 0 Å². The number of pyridine rings is 1. The molecule has 2 aromatic carbocycles. The van der Waals surface area contributed by atoms with Crippen LogP contribution in [0, 0.1) is 0 Å². The standard InChI is InChI=1S/C24H27N3O5S/c1-2-32-18-10-8-17(9-11-18)27-33(30,31)19-12-13-22-20(14-19)23(28)21(15-25-22)24(29)26-16-6-4-3-5-7-16/h8-16,27H,2-7H2,1H3,(H,25,28)(H,26,29). The number of rotatable bonds is 7. The summed E-state index contributed by atoms with van der Waals surface area (Å²) < 4.78 is 33.7. The van der Waals surface area contributed by atoms with E-state index < -0.39 is 21.4 Å². The largest absolute Gasteiger partial charge is 0.494 e. The molecule has 9 heteroatoms. The summed E-state index contributed by atoms with van der Waals surface area (Å²) >= 11 is 0. The number of sulfonamides is 1. The predicted octanol–water partition coefficient (Wildman–Crippen LogP) is 3.79. The summed E-state index contributed by atoms with van der Waals surface area (Å²) in [7, 11) is -3.95. The topological polar surface area (TPSA) is 117 Å². The molecule has 0 radical (unpaired) electrons. The van der Waals surface area contributed by atoms with E-state index in [1.54, 1.807) is 24.3 Å². The Kier molecular flexibility index (Phi) is 6.69. The van der Waals surface area contributed by atoms with Crippen LogP contribution in [0.5, 0.6) is 5.75 Å². The summed E-state index contributed by atoms with van der Waals surface area (Å²) in [6.45, 7) is 2.38. The molecule has 1 amide bonds. The summed E-state index contributed by atoms with van der Waals surface area (Å²) in [5, 5.41) is 3.07. The lowest BCUT2D eigenvalue weighted by atomic mass is 9.95. The minimum atomic E-state index is -3.95. The lowest BCUT2D eigenvalue weighted by Crippen LogP contribution is -2.38. The SMILES string of the molecule is CCOc1ccc(NS(=O)(=O)c2ccc3[nH]cc(C(=O)NC4CCCCC4)c(=O)c3c2)cc1. The number of carbonyl (C=O) groups excluding carboxylic acids is 1. The molecule has 3 aromatic rings. The first-order valence-corrected chi connectivity index (χ1v) is 12.6. The fourth-order valence-corrected chi connectivity index (χ4v) is 5.13. The lowest BCUT2D eigenvalue weighted by molar-refractivity contribution is 0.0926. The number of aromatic nitrogens is 1. The van der Waals surface area contributed by atoms with Crippen LogP contribution in [-0.2, 0) is 10.0 Å². The highest BCUT2D eigenvalue weighted by molar-refractivity contribution is 7.92. The molecule has 174 valence electrons. The van der Waals surface area contributed by atoms with E-state index in [-0.39, 0.29) is 21.9 Å². The molecule has 0 bridgehead atoms. The van der Waals surface area contributed by atoms with E-state index in [0.29, 0.717) is 23.6 Å². The number of hydrogen-bond acceptors (Lipinski definition) is 5. The normalized spacial score (nSPS) is 14.7. The Morgan fingerprint density at radius 2 is 1.82 bits per heavy atom. The third-order valence-corrected chi connectivity index (χ3v) is 7.14. The van der Waals surface area contributed by atoms with Gasteiger partial charge in [-0.2, -0.15) is 0 Å². The lowest BCUT2D eigenvalue weighted by Gasteiger charge is -2.22. The van der Waals surface area contributed by atoms with Gasteiger partial charge >= 0.3 is 0 Å². The van der Waals surface area contributed by atoms with E-state index in [1.807, 2.05) is 6.92 Å². The molecule has 0 aliphatic heterocycles. The average molecular weight is 470 g/mol. The molecule has 4 rings (SSSR count). The molecule has 1 aliphatic rings. The van der Waals surface area contributed by atoms with Crippen molar-refractivity contribution in [3.8, 4) is 5.75 Å². The minimum Gasteiger partial charge on any atom is -0.494 e. The van der Waals surface area contributed by atoms with E-state index in [9.17, 15) is 18.0 Å².